The van der Waals surface area contributed by atoms with Crippen LogP contribution in [-0.4, -0.2) is 61.0 Å². The van der Waals surface area contributed by atoms with Crippen molar-refractivity contribution >= 4 is 11.8 Å². The van der Waals surface area contributed by atoms with Crippen LogP contribution in [-0.2, 0) is 15.0 Å². The van der Waals surface area contributed by atoms with Crippen LogP contribution in [0.2, 0.25) is 0 Å². The maximum atomic E-state index is 13.2. The molecule has 2 N–H and O–H groups in total. The third-order valence-electron chi connectivity index (χ3n) is 7.94. The average Bonchev–Trinajstić information content (AvgIpc) is 3.25. The van der Waals surface area contributed by atoms with Crippen molar-refractivity contribution in [1.29, 1.82) is 0 Å². The lowest BCUT2D eigenvalue weighted by Gasteiger charge is -2.46. The van der Waals surface area contributed by atoms with Gasteiger partial charge in [0.15, 0.2) is 11.5 Å². The molecule has 1 atom stereocenters. The molecule has 1 aromatic rings. The molecule has 0 unspecified atom stereocenters. The molecule has 3 aliphatic heterocycles. The molecular formula is C24H33N3O4. The van der Waals surface area contributed by atoms with Crippen molar-refractivity contribution in [2.24, 2.45) is 11.7 Å². The molecule has 1 aliphatic carbocycles. The predicted molar refractivity (Wildman–Crippen MR) is 116 cm³/mol. The molecule has 1 spiro atoms. The van der Waals surface area contributed by atoms with Gasteiger partial charge in [-0.3, -0.25) is 14.5 Å². The largest absolute Gasteiger partial charge is 0.486 e. The number of likely N-dealkylation sites (tertiary alicyclic amines) is 1. The summed E-state index contributed by atoms with van der Waals surface area (Å²) in [5.41, 5.74) is 8.21. The highest BCUT2D eigenvalue weighted by molar-refractivity contribution is 5.80. The van der Waals surface area contributed by atoms with Gasteiger partial charge < -0.3 is 20.1 Å². The smallest absolute Gasteiger partial charge is 0.236 e. The number of amides is 2. The third kappa shape index (κ3) is 3.67. The van der Waals surface area contributed by atoms with Gasteiger partial charge in [0.1, 0.15) is 13.2 Å². The summed E-state index contributed by atoms with van der Waals surface area (Å²) < 4.78 is 11.8. The zero-order chi connectivity index (χ0) is 21.6. The predicted octanol–water partition coefficient (Wildman–Crippen LogP) is 2.37. The Balaban J connectivity index is 1.37. The van der Waals surface area contributed by atoms with E-state index in [0.717, 1.165) is 30.9 Å². The van der Waals surface area contributed by atoms with Crippen LogP contribution in [0.1, 0.15) is 62.6 Å². The van der Waals surface area contributed by atoms with Gasteiger partial charge in [-0.1, -0.05) is 12.8 Å². The van der Waals surface area contributed by atoms with Crippen LogP contribution < -0.4 is 15.2 Å². The van der Waals surface area contributed by atoms with E-state index in [4.69, 9.17) is 15.2 Å². The van der Waals surface area contributed by atoms with Crippen molar-refractivity contribution in [3.63, 3.8) is 0 Å². The van der Waals surface area contributed by atoms with Crippen molar-refractivity contribution in [2.45, 2.75) is 56.9 Å². The summed E-state index contributed by atoms with van der Waals surface area (Å²) in [6.07, 6.45) is 6.11. The minimum atomic E-state index is -0.244. The molecule has 7 heteroatoms. The fourth-order valence-electron chi connectivity index (χ4n) is 6.08. The Bertz CT molecular complexity index is 872. The van der Waals surface area contributed by atoms with E-state index >= 15 is 0 Å². The SMILES string of the molecule is C[C@H]1c2cc3c(cc2C2(CCCC2)CN1CC(=O)N1CCC(C(N)=O)CC1)OCCO3. The van der Waals surface area contributed by atoms with E-state index in [0.29, 0.717) is 45.7 Å². The summed E-state index contributed by atoms with van der Waals surface area (Å²) in [5.74, 6) is 1.51. The van der Waals surface area contributed by atoms with E-state index < -0.39 is 0 Å². The van der Waals surface area contributed by atoms with Gasteiger partial charge in [0.05, 0.1) is 6.54 Å². The number of nitrogens with zero attached hydrogens (tertiary/aromatic N) is 2. The Morgan fingerprint density at radius 3 is 2.39 bits per heavy atom. The lowest BCUT2D eigenvalue weighted by atomic mass is 9.71. The van der Waals surface area contributed by atoms with Crippen molar-refractivity contribution in [3.05, 3.63) is 23.3 Å². The van der Waals surface area contributed by atoms with Crippen LogP contribution in [0.15, 0.2) is 12.1 Å². The van der Waals surface area contributed by atoms with Crippen LogP contribution in [0.4, 0.5) is 0 Å². The molecule has 3 heterocycles. The van der Waals surface area contributed by atoms with E-state index in [2.05, 4.69) is 24.0 Å². The first-order chi connectivity index (χ1) is 15.0. The van der Waals surface area contributed by atoms with E-state index in [1.54, 1.807) is 0 Å². The highest BCUT2D eigenvalue weighted by Crippen LogP contribution is 2.51. The van der Waals surface area contributed by atoms with Gasteiger partial charge in [0.2, 0.25) is 11.8 Å². The Kier molecular flexibility index (Phi) is 5.32. The standard InChI is InChI=1S/C24H33N3O4/c1-16-18-12-20-21(31-11-10-30-20)13-19(18)24(6-2-3-7-24)15-27(16)14-22(28)26-8-4-17(5-9-26)23(25)29/h12-13,16-17H,2-11,14-15H2,1H3,(H2,25,29)/t16-/m0/s1. The Morgan fingerprint density at radius 1 is 1.10 bits per heavy atom. The zero-order valence-corrected chi connectivity index (χ0v) is 18.4. The molecule has 31 heavy (non-hydrogen) atoms. The summed E-state index contributed by atoms with van der Waals surface area (Å²) in [6, 6.07) is 4.52. The molecule has 4 aliphatic rings. The number of primary amides is 1. The van der Waals surface area contributed by atoms with Gasteiger partial charge in [0, 0.05) is 37.0 Å². The number of hydrogen-bond donors (Lipinski definition) is 1. The first-order valence-electron chi connectivity index (χ1n) is 11.7. The summed E-state index contributed by atoms with van der Waals surface area (Å²) >= 11 is 0. The van der Waals surface area contributed by atoms with Crippen molar-refractivity contribution < 1.29 is 19.1 Å². The summed E-state index contributed by atoms with van der Waals surface area (Å²) in [7, 11) is 0. The molecule has 5 rings (SSSR count). The normalized spacial score (nSPS) is 25.5. The molecule has 0 bridgehead atoms. The number of fused-ring (bicyclic) bond motifs is 3. The number of carbonyl (C=O) groups is 2. The molecule has 0 radical (unpaired) electrons. The number of carbonyl (C=O) groups excluding carboxylic acids is 2. The van der Waals surface area contributed by atoms with Crippen LogP contribution in [0.5, 0.6) is 11.5 Å². The van der Waals surface area contributed by atoms with Crippen molar-refractivity contribution in [1.82, 2.24) is 9.80 Å². The molecule has 168 valence electrons. The minimum absolute atomic E-state index is 0.0942. The molecule has 1 saturated carbocycles. The second-order valence-corrected chi connectivity index (χ2v) is 9.71. The molecule has 2 amide bonds. The molecule has 1 aromatic carbocycles. The number of rotatable bonds is 3. The molecule has 0 aromatic heterocycles. The van der Waals surface area contributed by atoms with Gasteiger partial charge in [-0.25, -0.2) is 0 Å². The second kappa shape index (κ2) is 8.01. The Hall–Kier alpha value is -2.28. The number of nitrogens with two attached hydrogens (primary N) is 1. The minimum Gasteiger partial charge on any atom is -0.486 e. The molecule has 7 nitrogen and oxygen atoms in total. The van der Waals surface area contributed by atoms with Crippen molar-refractivity contribution in [3.8, 4) is 11.5 Å². The van der Waals surface area contributed by atoms with Gasteiger partial charge in [-0.05, 0) is 55.9 Å². The molecule has 2 fully saturated rings. The zero-order valence-electron chi connectivity index (χ0n) is 18.4. The molecular weight excluding hydrogens is 394 g/mol. The van der Waals surface area contributed by atoms with Gasteiger partial charge in [-0.15, -0.1) is 0 Å². The monoisotopic (exact) mass is 427 g/mol. The quantitative estimate of drug-likeness (QED) is 0.801. The number of hydrogen-bond acceptors (Lipinski definition) is 5. The van der Waals surface area contributed by atoms with Gasteiger partial charge in [0.25, 0.3) is 0 Å². The Labute approximate surface area is 183 Å². The van der Waals surface area contributed by atoms with Crippen LogP contribution in [0.25, 0.3) is 0 Å². The van der Waals surface area contributed by atoms with Crippen LogP contribution >= 0.6 is 0 Å². The fraction of sp³-hybridized carbons (Fsp3) is 0.667. The molecule has 1 saturated heterocycles. The first-order valence-corrected chi connectivity index (χ1v) is 11.7. The van der Waals surface area contributed by atoms with E-state index in [1.807, 2.05) is 4.90 Å². The highest BCUT2D eigenvalue weighted by atomic mass is 16.6. The number of ether oxygens (including phenoxy) is 2. The summed E-state index contributed by atoms with van der Waals surface area (Å²) in [4.78, 5) is 28.9. The first kappa shape index (κ1) is 20.6. The maximum absolute atomic E-state index is 13.2. The average molecular weight is 428 g/mol. The van der Waals surface area contributed by atoms with Crippen LogP contribution in [0.3, 0.4) is 0 Å². The van der Waals surface area contributed by atoms with E-state index in [-0.39, 0.29) is 29.2 Å². The summed E-state index contributed by atoms with van der Waals surface area (Å²) in [5, 5.41) is 0. The van der Waals surface area contributed by atoms with Gasteiger partial charge in [-0.2, -0.15) is 0 Å². The third-order valence-corrected chi connectivity index (χ3v) is 7.94. The maximum Gasteiger partial charge on any atom is 0.236 e. The van der Waals surface area contributed by atoms with Gasteiger partial charge >= 0.3 is 0 Å². The van der Waals surface area contributed by atoms with Crippen LogP contribution in [0, 0.1) is 5.92 Å². The lowest BCUT2D eigenvalue weighted by molar-refractivity contribution is -0.136. The van der Waals surface area contributed by atoms with E-state index in [1.165, 1.54) is 24.0 Å². The van der Waals surface area contributed by atoms with Crippen molar-refractivity contribution in [2.75, 3.05) is 39.4 Å². The van der Waals surface area contributed by atoms with E-state index in [9.17, 15) is 9.59 Å². The lowest BCUT2D eigenvalue weighted by Crippen LogP contribution is -2.51. The fourth-order valence-corrected chi connectivity index (χ4v) is 6.08. The number of benzene rings is 1. The summed E-state index contributed by atoms with van der Waals surface area (Å²) in [6.45, 7) is 5.94. The highest BCUT2D eigenvalue weighted by Gasteiger charge is 2.45. The Morgan fingerprint density at radius 2 is 1.74 bits per heavy atom. The second-order valence-electron chi connectivity index (χ2n) is 9.71. The number of piperidine rings is 1. The topological polar surface area (TPSA) is 85.1 Å².